The molecule has 3 N–H and O–H groups in total. The zero-order valence-corrected chi connectivity index (χ0v) is 8.50. The highest BCUT2D eigenvalue weighted by Gasteiger charge is 2.07. The quantitative estimate of drug-likeness (QED) is 0.767. The van der Waals surface area contributed by atoms with Crippen molar-refractivity contribution in [3.63, 3.8) is 0 Å². The molecule has 0 atom stereocenters. The van der Waals surface area contributed by atoms with E-state index in [2.05, 4.69) is 15.4 Å². The second-order valence-electron chi connectivity index (χ2n) is 3.08. The van der Waals surface area contributed by atoms with Crippen molar-refractivity contribution in [2.45, 2.75) is 0 Å². The summed E-state index contributed by atoms with van der Waals surface area (Å²) in [7, 11) is 0. The van der Waals surface area contributed by atoms with E-state index in [1.54, 1.807) is 41.5 Å². The lowest BCUT2D eigenvalue weighted by atomic mass is 10.3. The van der Waals surface area contributed by atoms with Gasteiger partial charge in [0.1, 0.15) is 0 Å². The van der Waals surface area contributed by atoms with Crippen LogP contribution >= 0.6 is 0 Å². The summed E-state index contributed by atoms with van der Waals surface area (Å²) in [6, 6.07) is 5.26. The summed E-state index contributed by atoms with van der Waals surface area (Å²) in [5, 5.41) is 6.71. The molecule has 1 amide bonds. The summed E-state index contributed by atoms with van der Waals surface area (Å²) < 4.78 is 1.58. The first-order chi connectivity index (χ1) is 7.81. The minimum absolute atomic E-state index is 0.0621. The van der Waals surface area contributed by atoms with Crippen molar-refractivity contribution < 1.29 is 4.79 Å². The Bertz CT molecular complexity index is 480. The number of aromatic nitrogens is 3. The van der Waals surface area contributed by atoms with E-state index in [0.717, 1.165) is 0 Å². The Hall–Kier alpha value is -2.21. The number of nitrogens with two attached hydrogens (primary N) is 1. The number of amides is 1. The van der Waals surface area contributed by atoms with E-state index in [0.29, 0.717) is 11.5 Å². The Morgan fingerprint density at radius 1 is 1.44 bits per heavy atom. The number of anilines is 1. The second-order valence-corrected chi connectivity index (χ2v) is 3.08. The van der Waals surface area contributed by atoms with Crippen LogP contribution in [0, 0.1) is 0 Å². The summed E-state index contributed by atoms with van der Waals surface area (Å²) in [5.74, 6) is 0.302. The molecule has 0 radical (unpaired) electrons. The molecule has 0 saturated heterocycles. The lowest BCUT2D eigenvalue weighted by molar-refractivity contribution is -0.114. The molecule has 0 spiro atoms. The molecule has 16 heavy (non-hydrogen) atoms. The first-order valence-corrected chi connectivity index (χ1v) is 4.76. The Labute approximate surface area is 92.1 Å². The van der Waals surface area contributed by atoms with Crippen LogP contribution in [0.4, 0.5) is 5.69 Å². The maximum atomic E-state index is 11.2. The van der Waals surface area contributed by atoms with E-state index in [1.807, 2.05) is 0 Å². The molecule has 2 heterocycles. The molecule has 2 rings (SSSR count). The molecule has 0 fully saturated rings. The Kier molecular flexibility index (Phi) is 2.93. The first kappa shape index (κ1) is 10.3. The number of hydrogen-bond donors (Lipinski definition) is 2. The molecule has 2 aromatic heterocycles. The number of carbonyl (C=O) groups excluding carboxylic acids is 1. The highest BCUT2D eigenvalue weighted by molar-refractivity contribution is 5.93. The zero-order valence-electron chi connectivity index (χ0n) is 8.50. The van der Waals surface area contributed by atoms with Gasteiger partial charge >= 0.3 is 0 Å². The van der Waals surface area contributed by atoms with Gasteiger partial charge in [0.05, 0.1) is 12.2 Å². The Balaban J connectivity index is 2.35. The molecule has 0 unspecified atom stereocenters. The molecule has 0 aliphatic rings. The largest absolute Gasteiger partial charge is 0.322 e. The van der Waals surface area contributed by atoms with Crippen molar-refractivity contribution in [2.24, 2.45) is 5.73 Å². The average molecular weight is 217 g/mol. The lowest BCUT2D eigenvalue weighted by Gasteiger charge is -2.08. The van der Waals surface area contributed by atoms with Crippen molar-refractivity contribution in [2.75, 3.05) is 11.9 Å². The van der Waals surface area contributed by atoms with Crippen LogP contribution in [0.3, 0.4) is 0 Å². The monoisotopic (exact) mass is 217 g/mol. The molecule has 0 saturated carbocycles. The van der Waals surface area contributed by atoms with Gasteiger partial charge in [-0.2, -0.15) is 5.10 Å². The Morgan fingerprint density at radius 3 is 3.00 bits per heavy atom. The molecule has 2 aromatic rings. The maximum Gasteiger partial charge on any atom is 0.238 e. The van der Waals surface area contributed by atoms with E-state index < -0.39 is 0 Å². The molecule has 6 heteroatoms. The SMILES string of the molecule is NCC(=O)Nc1cccnc1-n1cccn1. The van der Waals surface area contributed by atoms with Crippen LogP contribution in [0.25, 0.3) is 5.82 Å². The highest BCUT2D eigenvalue weighted by Crippen LogP contribution is 2.15. The van der Waals surface area contributed by atoms with Crippen LogP contribution in [0.15, 0.2) is 36.8 Å². The van der Waals surface area contributed by atoms with Crippen LogP contribution in [0.5, 0.6) is 0 Å². The predicted octanol–water partition coefficient (Wildman–Crippen LogP) is 0.164. The molecular weight excluding hydrogens is 206 g/mol. The van der Waals surface area contributed by atoms with E-state index in [9.17, 15) is 4.79 Å². The number of nitrogens with one attached hydrogen (secondary N) is 1. The minimum atomic E-state index is -0.263. The fourth-order valence-corrected chi connectivity index (χ4v) is 1.27. The smallest absolute Gasteiger partial charge is 0.238 e. The molecule has 82 valence electrons. The van der Waals surface area contributed by atoms with Crippen molar-refractivity contribution in [3.05, 3.63) is 36.8 Å². The van der Waals surface area contributed by atoms with Crippen LogP contribution in [-0.4, -0.2) is 27.2 Å². The van der Waals surface area contributed by atoms with Gasteiger partial charge in [0.25, 0.3) is 0 Å². The van der Waals surface area contributed by atoms with Crippen molar-refractivity contribution in [3.8, 4) is 5.82 Å². The summed E-state index contributed by atoms with van der Waals surface area (Å²) >= 11 is 0. The maximum absolute atomic E-state index is 11.2. The van der Waals surface area contributed by atoms with Gasteiger partial charge in [0, 0.05) is 18.6 Å². The van der Waals surface area contributed by atoms with Gasteiger partial charge < -0.3 is 11.1 Å². The van der Waals surface area contributed by atoms with Gasteiger partial charge in [-0.25, -0.2) is 9.67 Å². The Morgan fingerprint density at radius 2 is 2.31 bits per heavy atom. The third-order valence-corrected chi connectivity index (χ3v) is 1.97. The highest BCUT2D eigenvalue weighted by atomic mass is 16.1. The van der Waals surface area contributed by atoms with E-state index >= 15 is 0 Å². The number of pyridine rings is 1. The van der Waals surface area contributed by atoms with Crippen LogP contribution in [0.2, 0.25) is 0 Å². The first-order valence-electron chi connectivity index (χ1n) is 4.76. The summed E-state index contributed by atoms with van der Waals surface area (Å²) in [6.45, 7) is -0.0621. The fourth-order valence-electron chi connectivity index (χ4n) is 1.27. The average Bonchev–Trinajstić information content (AvgIpc) is 2.83. The molecular formula is C10H11N5O. The van der Waals surface area contributed by atoms with Gasteiger partial charge in [-0.1, -0.05) is 0 Å². The number of rotatable bonds is 3. The molecule has 0 aliphatic heterocycles. The van der Waals surface area contributed by atoms with E-state index in [4.69, 9.17) is 5.73 Å². The summed E-state index contributed by atoms with van der Waals surface area (Å²) in [6.07, 6.45) is 5.03. The summed E-state index contributed by atoms with van der Waals surface area (Å²) in [4.78, 5) is 15.4. The van der Waals surface area contributed by atoms with Crippen molar-refractivity contribution in [1.29, 1.82) is 0 Å². The van der Waals surface area contributed by atoms with Gasteiger partial charge in [0.15, 0.2) is 5.82 Å². The topological polar surface area (TPSA) is 85.8 Å². The lowest BCUT2D eigenvalue weighted by Crippen LogP contribution is -2.22. The molecule has 0 aromatic carbocycles. The normalized spacial score (nSPS) is 10.1. The fraction of sp³-hybridized carbons (Fsp3) is 0.100. The minimum Gasteiger partial charge on any atom is -0.322 e. The molecule has 0 aliphatic carbocycles. The molecule has 0 bridgehead atoms. The van der Waals surface area contributed by atoms with Gasteiger partial charge in [-0.05, 0) is 18.2 Å². The van der Waals surface area contributed by atoms with Crippen molar-refractivity contribution >= 4 is 11.6 Å². The van der Waals surface area contributed by atoms with Gasteiger partial charge in [0.2, 0.25) is 5.91 Å². The predicted molar refractivity (Wildman–Crippen MR) is 59.0 cm³/mol. The van der Waals surface area contributed by atoms with Gasteiger partial charge in [-0.3, -0.25) is 4.79 Å². The van der Waals surface area contributed by atoms with E-state index in [1.165, 1.54) is 0 Å². The third kappa shape index (κ3) is 2.06. The zero-order chi connectivity index (χ0) is 11.4. The number of carbonyl (C=O) groups is 1. The van der Waals surface area contributed by atoms with Crippen molar-refractivity contribution in [1.82, 2.24) is 14.8 Å². The van der Waals surface area contributed by atoms with Gasteiger partial charge in [-0.15, -0.1) is 0 Å². The third-order valence-electron chi connectivity index (χ3n) is 1.97. The molecule has 6 nitrogen and oxygen atoms in total. The van der Waals surface area contributed by atoms with Crippen LogP contribution in [0.1, 0.15) is 0 Å². The number of nitrogens with zero attached hydrogens (tertiary/aromatic N) is 3. The van der Waals surface area contributed by atoms with Crippen LogP contribution < -0.4 is 11.1 Å². The van der Waals surface area contributed by atoms with E-state index in [-0.39, 0.29) is 12.5 Å². The van der Waals surface area contributed by atoms with Crippen LogP contribution in [-0.2, 0) is 4.79 Å². The summed E-state index contributed by atoms with van der Waals surface area (Å²) in [5.41, 5.74) is 5.82. The second kappa shape index (κ2) is 4.54. The number of hydrogen-bond acceptors (Lipinski definition) is 4. The standard InChI is InChI=1S/C10H11N5O/c11-7-9(16)14-8-3-1-4-12-10(8)15-6-2-5-13-15/h1-6H,7,11H2,(H,14,16).